The maximum absolute atomic E-state index is 12.6. The molecule has 0 heterocycles. The van der Waals surface area contributed by atoms with Crippen LogP contribution in [-0.2, 0) is 32.0 Å². The van der Waals surface area contributed by atoms with E-state index in [1.807, 2.05) is 12.1 Å². The van der Waals surface area contributed by atoms with Gasteiger partial charge in [0.2, 0.25) is 17.7 Å². The second-order valence-electron chi connectivity index (χ2n) is 5.87. The Balaban J connectivity index is 2.11. The molecule has 0 aliphatic carbocycles. The number of carbonyl (C=O) groups is 4. The third kappa shape index (κ3) is 6.74. The first-order valence-electron chi connectivity index (χ1n) is 8.35. The van der Waals surface area contributed by atoms with E-state index in [9.17, 15) is 19.2 Å². The summed E-state index contributed by atoms with van der Waals surface area (Å²) in [4.78, 5) is 48.7. The van der Waals surface area contributed by atoms with Crippen molar-refractivity contribution in [3.05, 3.63) is 71.8 Å². The second kappa shape index (κ2) is 9.86. The molecule has 0 fully saturated rings. The van der Waals surface area contributed by atoms with E-state index in [0.717, 1.165) is 4.90 Å². The van der Waals surface area contributed by atoms with Crippen molar-refractivity contribution in [2.45, 2.75) is 12.8 Å². The summed E-state index contributed by atoms with van der Waals surface area (Å²) in [7, 11) is 0. The Morgan fingerprint density at radius 1 is 0.778 bits per heavy atom. The minimum Gasteiger partial charge on any atom is -0.480 e. The summed E-state index contributed by atoms with van der Waals surface area (Å²) in [6.07, 6.45) is -0.0683. The van der Waals surface area contributed by atoms with Gasteiger partial charge in [-0.05, 0) is 11.1 Å². The van der Waals surface area contributed by atoms with Gasteiger partial charge in [-0.3, -0.25) is 24.1 Å². The molecule has 0 aliphatic rings. The molecule has 0 saturated carbocycles. The standard InChI is InChI=1S/C20H20N2O5/c23-17(21-13-20(26)27)14-22(18(24)11-15-7-3-1-4-8-15)19(25)12-16-9-5-2-6-10-16/h1-10H,11-14H2,(H,21,23)(H,26,27). The number of carboxylic acids is 1. The van der Waals surface area contributed by atoms with Crippen molar-refractivity contribution >= 4 is 23.7 Å². The van der Waals surface area contributed by atoms with Gasteiger partial charge >= 0.3 is 5.97 Å². The van der Waals surface area contributed by atoms with Crippen molar-refractivity contribution in [3.63, 3.8) is 0 Å². The van der Waals surface area contributed by atoms with Gasteiger partial charge in [0.25, 0.3) is 0 Å². The van der Waals surface area contributed by atoms with E-state index >= 15 is 0 Å². The topological polar surface area (TPSA) is 104 Å². The summed E-state index contributed by atoms with van der Waals surface area (Å²) in [6.45, 7) is -1.10. The summed E-state index contributed by atoms with van der Waals surface area (Å²) in [5, 5.41) is 10.8. The molecule has 0 radical (unpaired) electrons. The van der Waals surface area contributed by atoms with Crippen LogP contribution in [-0.4, -0.2) is 46.8 Å². The zero-order valence-corrected chi connectivity index (χ0v) is 14.6. The zero-order valence-electron chi connectivity index (χ0n) is 14.6. The number of carbonyl (C=O) groups excluding carboxylic acids is 3. The van der Waals surface area contributed by atoms with E-state index in [4.69, 9.17) is 5.11 Å². The molecule has 2 aromatic carbocycles. The van der Waals surface area contributed by atoms with Crippen LogP contribution in [0.15, 0.2) is 60.7 Å². The molecule has 2 N–H and O–H groups in total. The lowest BCUT2D eigenvalue weighted by molar-refractivity contribution is -0.147. The van der Waals surface area contributed by atoms with Crippen LogP contribution in [0.1, 0.15) is 11.1 Å². The average Bonchev–Trinajstić information content (AvgIpc) is 2.66. The molecule has 7 nitrogen and oxygen atoms in total. The minimum absolute atomic E-state index is 0.0341. The fourth-order valence-electron chi connectivity index (χ4n) is 2.42. The lowest BCUT2D eigenvalue weighted by atomic mass is 10.1. The molecule has 0 saturated heterocycles. The molecule has 3 amide bonds. The Bertz CT molecular complexity index is 752. The predicted molar refractivity (Wildman–Crippen MR) is 97.7 cm³/mol. The third-order valence-electron chi connectivity index (χ3n) is 3.74. The SMILES string of the molecule is O=C(O)CNC(=O)CN(C(=O)Cc1ccccc1)C(=O)Cc1ccccc1. The zero-order chi connectivity index (χ0) is 19.6. The van der Waals surface area contributed by atoms with Crippen molar-refractivity contribution in [1.29, 1.82) is 0 Å². The minimum atomic E-state index is -1.21. The Kier molecular flexibility index (Phi) is 7.25. The maximum Gasteiger partial charge on any atom is 0.322 e. The Morgan fingerprint density at radius 2 is 1.22 bits per heavy atom. The molecular formula is C20H20N2O5. The molecule has 2 aromatic rings. The average molecular weight is 368 g/mol. The van der Waals surface area contributed by atoms with Crippen LogP contribution in [0, 0.1) is 0 Å². The highest BCUT2D eigenvalue weighted by Crippen LogP contribution is 2.07. The van der Waals surface area contributed by atoms with E-state index in [0.29, 0.717) is 11.1 Å². The lowest BCUT2D eigenvalue weighted by Crippen LogP contribution is -2.46. The van der Waals surface area contributed by atoms with Gasteiger partial charge in [-0.2, -0.15) is 0 Å². The van der Waals surface area contributed by atoms with Crippen LogP contribution < -0.4 is 5.32 Å². The fourth-order valence-corrected chi connectivity index (χ4v) is 2.42. The third-order valence-corrected chi connectivity index (χ3v) is 3.74. The summed E-state index contributed by atoms with van der Waals surface area (Å²) >= 11 is 0. The summed E-state index contributed by atoms with van der Waals surface area (Å²) < 4.78 is 0. The molecule has 0 bridgehead atoms. The van der Waals surface area contributed by atoms with E-state index in [1.165, 1.54) is 0 Å². The Labute approximate surface area is 156 Å². The van der Waals surface area contributed by atoms with Crippen molar-refractivity contribution in [2.75, 3.05) is 13.1 Å². The molecule has 0 unspecified atom stereocenters. The predicted octanol–water partition coefficient (Wildman–Crippen LogP) is 1.03. The van der Waals surface area contributed by atoms with Crippen molar-refractivity contribution in [3.8, 4) is 0 Å². The lowest BCUT2D eigenvalue weighted by Gasteiger charge is -2.20. The number of carboxylic acid groups (broad SMARTS) is 1. The Hall–Kier alpha value is -3.48. The number of nitrogens with zero attached hydrogens (tertiary/aromatic N) is 1. The summed E-state index contributed by atoms with van der Waals surface area (Å²) in [5.74, 6) is -2.96. The van der Waals surface area contributed by atoms with E-state index in [-0.39, 0.29) is 12.8 Å². The van der Waals surface area contributed by atoms with E-state index in [2.05, 4.69) is 5.32 Å². The highest BCUT2D eigenvalue weighted by atomic mass is 16.4. The highest BCUT2D eigenvalue weighted by molar-refractivity contribution is 6.00. The van der Waals surface area contributed by atoms with E-state index < -0.39 is 36.8 Å². The van der Waals surface area contributed by atoms with Gasteiger partial charge in [0.05, 0.1) is 12.8 Å². The quantitative estimate of drug-likeness (QED) is 0.724. The normalized spacial score (nSPS) is 10.1. The van der Waals surface area contributed by atoms with Crippen molar-refractivity contribution in [2.24, 2.45) is 0 Å². The van der Waals surface area contributed by atoms with Crippen LogP contribution in [0.5, 0.6) is 0 Å². The van der Waals surface area contributed by atoms with Gasteiger partial charge in [0.15, 0.2) is 0 Å². The Morgan fingerprint density at radius 3 is 1.63 bits per heavy atom. The number of amides is 3. The van der Waals surface area contributed by atoms with Gasteiger partial charge in [0, 0.05) is 0 Å². The fraction of sp³-hybridized carbons (Fsp3) is 0.200. The molecular weight excluding hydrogens is 348 g/mol. The number of rotatable bonds is 8. The van der Waals surface area contributed by atoms with Crippen molar-refractivity contribution < 1.29 is 24.3 Å². The molecule has 27 heavy (non-hydrogen) atoms. The van der Waals surface area contributed by atoms with Gasteiger partial charge in [-0.15, -0.1) is 0 Å². The molecule has 140 valence electrons. The second-order valence-corrected chi connectivity index (χ2v) is 5.87. The molecule has 0 aromatic heterocycles. The van der Waals surface area contributed by atoms with Gasteiger partial charge in [0.1, 0.15) is 13.1 Å². The highest BCUT2D eigenvalue weighted by Gasteiger charge is 2.24. The number of nitrogens with one attached hydrogen (secondary N) is 1. The molecule has 0 spiro atoms. The number of hydrogen-bond donors (Lipinski definition) is 2. The number of imide groups is 1. The summed E-state index contributed by atoms with van der Waals surface area (Å²) in [6, 6.07) is 17.7. The smallest absolute Gasteiger partial charge is 0.322 e. The van der Waals surface area contributed by atoms with Crippen LogP contribution in [0.4, 0.5) is 0 Å². The first kappa shape index (κ1) is 19.8. The monoisotopic (exact) mass is 368 g/mol. The number of benzene rings is 2. The van der Waals surface area contributed by atoms with Gasteiger partial charge < -0.3 is 10.4 Å². The van der Waals surface area contributed by atoms with Crippen LogP contribution >= 0.6 is 0 Å². The molecule has 7 heteroatoms. The molecule has 2 rings (SSSR count). The molecule has 0 aliphatic heterocycles. The van der Waals surface area contributed by atoms with Gasteiger partial charge in [-0.25, -0.2) is 0 Å². The molecule has 0 atom stereocenters. The van der Waals surface area contributed by atoms with Crippen LogP contribution in [0.3, 0.4) is 0 Å². The van der Waals surface area contributed by atoms with Gasteiger partial charge in [-0.1, -0.05) is 60.7 Å². The number of hydrogen-bond acceptors (Lipinski definition) is 4. The maximum atomic E-state index is 12.6. The van der Waals surface area contributed by atoms with E-state index in [1.54, 1.807) is 48.5 Å². The first-order valence-corrected chi connectivity index (χ1v) is 8.35. The summed E-state index contributed by atoms with van der Waals surface area (Å²) in [5.41, 5.74) is 1.43. The largest absolute Gasteiger partial charge is 0.480 e. The van der Waals surface area contributed by atoms with Crippen molar-refractivity contribution in [1.82, 2.24) is 10.2 Å². The first-order chi connectivity index (χ1) is 13.0. The van der Waals surface area contributed by atoms with Crippen LogP contribution in [0.2, 0.25) is 0 Å². The van der Waals surface area contributed by atoms with Crippen LogP contribution in [0.25, 0.3) is 0 Å². The number of aliphatic carboxylic acids is 1.